The van der Waals surface area contributed by atoms with Gasteiger partial charge in [-0.25, -0.2) is 4.79 Å². The zero-order valence-electron chi connectivity index (χ0n) is 10.9. The van der Waals surface area contributed by atoms with Gasteiger partial charge in [0.05, 0.1) is 21.3 Å². The van der Waals surface area contributed by atoms with E-state index in [-0.39, 0.29) is 22.0 Å². The fourth-order valence-electron chi connectivity index (χ4n) is 1.70. The third-order valence-electron chi connectivity index (χ3n) is 2.78. The van der Waals surface area contributed by atoms with Crippen LogP contribution >= 0.6 is 23.2 Å². The number of nitrogens with one attached hydrogen (secondary N) is 1. The molecule has 0 bridgehead atoms. The first-order chi connectivity index (χ1) is 9.91. The normalized spacial score (nSPS) is 10.2. The third-order valence-corrected chi connectivity index (χ3v) is 3.58. The molecule has 1 heterocycles. The number of pyridine rings is 1. The number of carboxylic acid groups (broad SMARTS) is 1. The highest BCUT2D eigenvalue weighted by Gasteiger charge is 2.20. The average Bonchev–Trinajstić information content (AvgIpc) is 2.47. The van der Waals surface area contributed by atoms with Crippen molar-refractivity contribution in [3.05, 3.63) is 57.3 Å². The van der Waals surface area contributed by atoms with Crippen LogP contribution in [0.4, 0.5) is 5.69 Å². The maximum atomic E-state index is 12.2. The molecule has 0 fully saturated rings. The number of anilines is 1. The number of carbonyl (C=O) groups is 2. The number of nitrogens with zero attached hydrogens (tertiary/aromatic N) is 1. The van der Waals surface area contributed by atoms with Gasteiger partial charge in [-0.2, -0.15) is 0 Å². The number of aryl methyl sites for hydroxylation is 1. The molecule has 2 aromatic rings. The maximum Gasteiger partial charge on any atom is 0.338 e. The van der Waals surface area contributed by atoms with Gasteiger partial charge in [-0.15, -0.1) is 0 Å². The first-order valence-corrected chi connectivity index (χ1v) is 6.61. The Balaban J connectivity index is 2.40. The molecule has 0 unspecified atom stereocenters. The Labute approximate surface area is 130 Å². The Bertz CT molecular complexity index is 732. The number of carboxylic acids is 1. The molecular weight excluding hydrogens is 315 g/mol. The van der Waals surface area contributed by atoms with Gasteiger partial charge in [0.1, 0.15) is 5.69 Å². The van der Waals surface area contributed by atoms with Crippen molar-refractivity contribution in [3.63, 3.8) is 0 Å². The summed E-state index contributed by atoms with van der Waals surface area (Å²) in [6.45, 7) is 1.76. The fourth-order valence-corrected chi connectivity index (χ4v) is 2.17. The van der Waals surface area contributed by atoms with Crippen LogP contribution in [0, 0.1) is 6.92 Å². The van der Waals surface area contributed by atoms with E-state index in [4.69, 9.17) is 28.3 Å². The van der Waals surface area contributed by atoms with Crippen molar-refractivity contribution in [1.82, 2.24) is 4.98 Å². The van der Waals surface area contributed by atoms with Gasteiger partial charge in [0.2, 0.25) is 0 Å². The van der Waals surface area contributed by atoms with Crippen LogP contribution in [0.25, 0.3) is 0 Å². The SMILES string of the molecule is Cc1ccc(Cl)c(NC(=O)c2ncccc2C(=O)O)c1Cl. The lowest BCUT2D eigenvalue weighted by Gasteiger charge is -2.11. The third kappa shape index (κ3) is 3.15. The van der Waals surface area contributed by atoms with E-state index >= 15 is 0 Å². The maximum absolute atomic E-state index is 12.2. The minimum Gasteiger partial charge on any atom is -0.478 e. The monoisotopic (exact) mass is 324 g/mol. The summed E-state index contributed by atoms with van der Waals surface area (Å²) in [6, 6.07) is 6.04. The molecule has 0 radical (unpaired) electrons. The second-order valence-corrected chi connectivity index (χ2v) is 5.00. The lowest BCUT2D eigenvalue weighted by atomic mass is 10.1. The summed E-state index contributed by atoms with van der Waals surface area (Å²) in [7, 11) is 0. The van der Waals surface area contributed by atoms with Gasteiger partial charge in [-0.3, -0.25) is 9.78 Å². The van der Waals surface area contributed by atoms with Gasteiger partial charge in [-0.05, 0) is 30.7 Å². The van der Waals surface area contributed by atoms with Crippen molar-refractivity contribution in [1.29, 1.82) is 0 Å². The van der Waals surface area contributed by atoms with Crippen molar-refractivity contribution in [2.75, 3.05) is 5.32 Å². The van der Waals surface area contributed by atoms with Crippen LogP contribution < -0.4 is 5.32 Å². The number of benzene rings is 1. The number of rotatable bonds is 3. The van der Waals surface area contributed by atoms with Crippen LogP contribution in [-0.4, -0.2) is 22.0 Å². The molecule has 0 spiro atoms. The molecule has 2 N–H and O–H groups in total. The van der Waals surface area contributed by atoms with Crippen molar-refractivity contribution in [2.24, 2.45) is 0 Å². The van der Waals surface area contributed by atoms with Crippen LogP contribution in [0.2, 0.25) is 10.0 Å². The quantitative estimate of drug-likeness (QED) is 0.903. The Morgan fingerprint density at radius 1 is 1.24 bits per heavy atom. The molecule has 2 rings (SSSR count). The van der Waals surface area contributed by atoms with Gasteiger partial charge >= 0.3 is 5.97 Å². The van der Waals surface area contributed by atoms with Gasteiger partial charge < -0.3 is 10.4 Å². The van der Waals surface area contributed by atoms with Gasteiger partial charge in [-0.1, -0.05) is 29.3 Å². The molecule has 108 valence electrons. The van der Waals surface area contributed by atoms with Crippen LogP contribution in [0.5, 0.6) is 0 Å². The van der Waals surface area contributed by atoms with Crippen LogP contribution in [-0.2, 0) is 0 Å². The number of aromatic nitrogens is 1. The highest BCUT2D eigenvalue weighted by atomic mass is 35.5. The van der Waals surface area contributed by atoms with Crippen LogP contribution in [0.15, 0.2) is 30.5 Å². The molecule has 5 nitrogen and oxygen atoms in total. The summed E-state index contributed by atoms with van der Waals surface area (Å²) in [5, 5.41) is 12.1. The number of hydrogen-bond donors (Lipinski definition) is 2. The number of aromatic carboxylic acids is 1. The van der Waals surface area contributed by atoms with Crippen molar-refractivity contribution < 1.29 is 14.7 Å². The molecule has 0 aliphatic heterocycles. The van der Waals surface area contributed by atoms with E-state index in [9.17, 15) is 9.59 Å². The van der Waals surface area contributed by atoms with E-state index in [1.165, 1.54) is 18.3 Å². The largest absolute Gasteiger partial charge is 0.478 e. The summed E-state index contributed by atoms with van der Waals surface area (Å²) in [5.41, 5.74) is 0.551. The Morgan fingerprint density at radius 2 is 1.95 bits per heavy atom. The highest BCUT2D eigenvalue weighted by Crippen LogP contribution is 2.33. The topological polar surface area (TPSA) is 79.3 Å². The number of amides is 1. The molecule has 0 saturated carbocycles. The summed E-state index contributed by atoms with van der Waals surface area (Å²) in [5.74, 6) is -1.93. The molecular formula is C14H10Cl2N2O3. The smallest absolute Gasteiger partial charge is 0.338 e. The molecule has 21 heavy (non-hydrogen) atoms. The number of carbonyl (C=O) groups excluding carboxylic acids is 1. The first kappa shape index (κ1) is 15.3. The van der Waals surface area contributed by atoms with E-state index in [0.717, 1.165) is 5.56 Å². The zero-order chi connectivity index (χ0) is 15.6. The van der Waals surface area contributed by atoms with E-state index in [2.05, 4.69) is 10.3 Å². The Kier molecular flexibility index (Phi) is 4.45. The van der Waals surface area contributed by atoms with E-state index < -0.39 is 11.9 Å². The van der Waals surface area contributed by atoms with Gasteiger partial charge in [0.25, 0.3) is 5.91 Å². The minimum atomic E-state index is -1.24. The van der Waals surface area contributed by atoms with Crippen LogP contribution in [0.1, 0.15) is 26.4 Å². The Morgan fingerprint density at radius 3 is 2.62 bits per heavy atom. The summed E-state index contributed by atoms with van der Waals surface area (Å²) < 4.78 is 0. The Hall–Kier alpha value is -2.11. The van der Waals surface area contributed by atoms with E-state index in [1.54, 1.807) is 19.1 Å². The van der Waals surface area contributed by atoms with Crippen molar-refractivity contribution in [3.8, 4) is 0 Å². The van der Waals surface area contributed by atoms with Crippen molar-refractivity contribution in [2.45, 2.75) is 6.92 Å². The van der Waals surface area contributed by atoms with E-state index in [0.29, 0.717) is 5.02 Å². The zero-order valence-corrected chi connectivity index (χ0v) is 12.4. The molecule has 1 amide bonds. The lowest BCUT2D eigenvalue weighted by Crippen LogP contribution is -2.18. The minimum absolute atomic E-state index is 0.199. The standard InChI is InChI=1S/C14H10Cl2N2O3/c1-7-4-5-9(15)12(10(7)16)18-13(19)11-8(14(20)21)3-2-6-17-11/h2-6H,1H3,(H,18,19)(H,20,21). The predicted octanol–water partition coefficient (Wildman–Crippen LogP) is 3.65. The van der Waals surface area contributed by atoms with Crippen molar-refractivity contribution >= 4 is 40.8 Å². The molecule has 0 aliphatic rings. The summed E-state index contributed by atoms with van der Waals surface area (Å²) >= 11 is 12.1. The highest BCUT2D eigenvalue weighted by molar-refractivity contribution is 6.40. The van der Waals surface area contributed by atoms with E-state index in [1.807, 2.05) is 0 Å². The number of halogens is 2. The van der Waals surface area contributed by atoms with Gasteiger partial charge in [0.15, 0.2) is 0 Å². The van der Waals surface area contributed by atoms with Gasteiger partial charge in [0, 0.05) is 6.20 Å². The lowest BCUT2D eigenvalue weighted by molar-refractivity contribution is 0.0691. The summed E-state index contributed by atoms with van der Waals surface area (Å²) in [6.07, 6.45) is 1.33. The fraction of sp³-hybridized carbons (Fsp3) is 0.0714. The molecule has 7 heteroatoms. The molecule has 1 aromatic heterocycles. The number of hydrogen-bond acceptors (Lipinski definition) is 3. The van der Waals surface area contributed by atoms with Crippen LogP contribution in [0.3, 0.4) is 0 Å². The molecule has 0 aliphatic carbocycles. The first-order valence-electron chi connectivity index (χ1n) is 5.86. The predicted molar refractivity (Wildman–Crippen MR) is 80.3 cm³/mol. The molecule has 0 saturated heterocycles. The molecule has 1 aromatic carbocycles. The second kappa shape index (κ2) is 6.11. The second-order valence-electron chi connectivity index (χ2n) is 4.21. The molecule has 0 atom stereocenters. The summed E-state index contributed by atoms with van der Waals surface area (Å²) in [4.78, 5) is 27.1. The average molecular weight is 325 g/mol.